The molecule has 0 atom stereocenters. The van der Waals surface area contributed by atoms with Gasteiger partial charge in [-0.2, -0.15) is 10.4 Å². The molecule has 0 spiro atoms. The van der Waals surface area contributed by atoms with Gasteiger partial charge < -0.3 is 14.2 Å². The molecule has 3 rings (SSSR count). The third kappa shape index (κ3) is 6.08. The number of amides is 1. The lowest BCUT2D eigenvalue weighted by Gasteiger charge is -2.08. The fourth-order valence-corrected chi connectivity index (χ4v) is 2.70. The number of hydrazone groups is 1. The molecule has 1 N–H and O–H groups in total. The Hall–Kier alpha value is -4.31. The van der Waals surface area contributed by atoms with Gasteiger partial charge in [-0.05, 0) is 47.5 Å². The van der Waals surface area contributed by atoms with Crippen molar-refractivity contribution in [2.24, 2.45) is 5.10 Å². The Morgan fingerprint density at radius 2 is 1.71 bits per heavy atom. The van der Waals surface area contributed by atoms with Crippen molar-refractivity contribution < 1.29 is 19.0 Å². The Bertz CT molecular complexity index is 1100. The van der Waals surface area contributed by atoms with Crippen molar-refractivity contribution in [3.63, 3.8) is 0 Å². The number of nitrogens with one attached hydrogen (secondary N) is 1. The molecule has 3 aromatic rings. The second-order valence-corrected chi connectivity index (χ2v) is 6.47. The van der Waals surface area contributed by atoms with Crippen LogP contribution in [0, 0.1) is 11.3 Å². The number of rotatable bonds is 8. The molecule has 0 saturated heterocycles. The van der Waals surface area contributed by atoms with Crippen LogP contribution in [-0.4, -0.2) is 26.3 Å². The van der Waals surface area contributed by atoms with Crippen LogP contribution >= 0.6 is 0 Å². The number of carbonyl (C=O) groups excluding carboxylic acids is 1. The molecule has 1 amide bonds. The molecule has 0 aliphatic rings. The van der Waals surface area contributed by atoms with Crippen LogP contribution in [-0.2, 0) is 6.61 Å². The Morgan fingerprint density at radius 1 is 1.00 bits per heavy atom. The minimum atomic E-state index is -0.387. The zero-order chi connectivity index (χ0) is 22.1. The summed E-state index contributed by atoms with van der Waals surface area (Å²) in [5.41, 5.74) is 5.19. The van der Waals surface area contributed by atoms with Crippen molar-refractivity contribution >= 4 is 12.1 Å². The Balaban J connectivity index is 1.60. The second kappa shape index (κ2) is 10.5. The first kappa shape index (κ1) is 21.4. The van der Waals surface area contributed by atoms with E-state index in [-0.39, 0.29) is 5.91 Å². The molecule has 31 heavy (non-hydrogen) atoms. The Kier molecular flexibility index (Phi) is 7.22. The van der Waals surface area contributed by atoms with Gasteiger partial charge in [0, 0.05) is 11.6 Å². The summed E-state index contributed by atoms with van der Waals surface area (Å²) in [6, 6.07) is 21.5. The van der Waals surface area contributed by atoms with E-state index in [1.165, 1.54) is 20.4 Å². The van der Waals surface area contributed by atoms with Crippen LogP contribution in [0.1, 0.15) is 27.0 Å². The number of nitriles is 1. The molecule has 0 aliphatic carbocycles. The number of ether oxygens (including phenoxy) is 3. The van der Waals surface area contributed by atoms with Gasteiger partial charge in [-0.1, -0.05) is 24.3 Å². The quantitative estimate of drug-likeness (QED) is 0.445. The molecule has 0 heterocycles. The van der Waals surface area contributed by atoms with Crippen molar-refractivity contribution in [3.05, 3.63) is 89.0 Å². The summed E-state index contributed by atoms with van der Waals surface area (Å²) in [7, 11) is 3.04. The summed E-state index contributed by atoms with van der Waals surface area (Å²) in [5, 5.41) is 12.9. The maximum absolute atomic E-state index is 12.4. The molecule has 7 nitrogen and oxygen atoms in total. The molecular formula is C24H21N3O4. The first-order valence-corrected chi connectivity index (χ1v) is 9.39. The number of hydrogen-bond acceptors (Lipinski definition) is 6. The minimum Gasteiger partial charge on any atom is -0.497 e. The predicted molar refractivity (Wildman–Crippen MR) is 117 cm³/mol. The normalized spacial score (nSPS) is 10.4. The van der Waals surface area contributed by atoms with E-state index in [0.717, 1.165) is 11.1 Å². The molecule has 7 heteroatoms. The predicted octanol–water partition coefficient (Wildman–Crippen LogP) is 3.92. The van der Waals surface area contributed by atoms with E-state index in [2.05, 4.69) is 16.6 Å². The highest BCUT2D eigenvalue weighted by atomic mass is 16.5. The highest BCUT2D eigenvalue weighted by molar-refractivity contribution is 5.95. The molecule has 0 unspecified atom stereocenters. The largest absolute Gasteiger partial charge is 0.497 e. The van der Waals surface area contributed by atoms with E-state index >= 15 is 0 Å². The summed E-state index contributed by atoms with van der Waals surface area (Å²) in [6.45, 7) is 0.376. The van der Waals surface area contributed by atoms with Crippen LogP contribution in [0.4, 0.5) is 0 Å². The van der Waals surface area contributed by atoms with Gasteiger partial charge in [0.05, 0.1) is 32.1 Å². The van der Waals surface area contributed by atoms with Crippen LogP contribution in [0.15, 0.2) is 71.8 Å². The average Bonchev–Trinajstić information content (AvgIpc) is 2.82. The topological polar surface area (TPSA) is 92.9 Å². The number of carbonyl (C=O) groups is 1. The van der Waals surface area contributed by atoms with E-state index < -0.39 is 0 Å². The monoisotopic (exact) mass is 415 g/mol. The van der Waals surface area contributed by atoms with Crippen molar-refractivity contribution in [1.29, 1.82) is 5.26 Å². The van der Waals surface area contributed by atoms with Crippen molar-refractivity contribution in [1.82, 2.24) is 5.43 Å². The standard InChI is InChI=1S/C24H21N3O4/c1-29-22-11-20(12-23(13-22)30-2)24(28)27-26-15-19-4-3-5-21(10-19)31-16-18-8-6-17(14-25)7-9-18/h3-13,15H,16H2,1-2H3,(H,27,28)/b26-15-. The highest BCUT2D eigenvalue weighted by Gasteiger charge is 2.09. The summed E-state index contributed by atoms with van der Waals surface area (Å²) in [5.74, 6) is 1.31. The number of nitrogens with zero attached hydrogens (tertiary/aromatic N) is 2. The molecule has 0 bridgehead atoms. The lowest BCUT2D eigenvalue weighted by atomic mass is 10.1. The number of benzene rings is 3. The lowest BCUT2D eigenvalue weighted by Crippen LogP contribution is -2.17. The van der Waals surface area contributed by atoms with E-state index in [9.17, 15) is 4.79 Å². The molecular weight excluding hydrogens is 394 g/mol. The smallest absolute Gasteiger partial charge is 0.271 e. The van der Waals surface area contributed by atoms with E-state index in [4.69, 9.17) is 19.5 Å². The van der Waals surface area contributed by atoms with Gasteiger partial charge in [-0.25, -0.2) is 5.43 Å². The van der Waals surface area contributed by atoms with Gasteiger partial charge in [0.15, 0.2) is 0 Å². The van der Waals surface area contributed by atoms with Gasteiger partial charge >= 0.3 is 0 Å². The van der Waals surface area contributed by atoms with Gasteiger partial charge in [0.2, 0.25) is 0 Å². The Morgan fingerprint density at radius 3 is 2.35 bits per heavy atom. The highest BCUT2D eigenvalue weighted by Crippen LogP contribution is 2.22. The first-order valence-electron chi connectivity index (χ1n) is 9.39. The summed E-state index contributed by atoms with van der Waals surface area (Å²) in [4.78, 5) is 12.4. The third-order valence-corrected chi connectivity index (χ3v) is 4.34. The van der Waals surface area contributed by atoms with E-state index in [1.54, 1.807) is 30.3 Å². The number of methoxy groups -OCH3 is 2. The molecule has 0 aliphatic heterocycles. The SMILES string of the molecule is COc1cc(OC)cc(C(=O)N/N=C\c2cccc(OCc3ccc(C#N)cc3)c2)c1. The maximum atomic E-state index is 12.4. The van der Waals surface area contributed by atoms with Crippen LogP contribution in [0.5, 0.6) is 17.2 Å². The molecule has 0 radical (unpaired) electrons. The van der Waals surface area contributed by atoms with E-state index in [0.29, 0.717) is 35.0 Å². The van der Waals surface area contributed by atoms with Gasteiger partial charge in [-0.3, -0.25) is 4.79 Å². The second-order valence-electron chi connectivity index (χ2n) is 6.47. The van der Waals surface area contributed by atoms with Crippen LogP contribution in [0.3, 0.4) is 0 Å². The third-order valence-electron chi connectivity index (χ3n) is 4.34. The molecule has 0 aromatic heterocycles. The van der Waals surface area contributed by atoms with E-state index in [1.807, 2.05) is 36.4 Å². The molecule has 0 fully saturated rings. The van der Waals surface area contributed by atoms with Crippen LogP contribution < -0.4 is 19.6 Å². The van der Waals surface area contributed by atoms with Crippen molar-refractivity contribution in [2.75, 3.05) is 14.2 Å². The zero-order valence-electron chi connectivity index (χ0n) is 17.2. The van der Waals surface area contributed by atoms with Crippen molar-refractivity contribution in [3.8, 4) is 23.3 Å². The maximum Gasteiger partial charge on any atom is 0.271 e. The molecule has 156 valence electrons. The molecule has 3 aromatic carbocycles. The summed E-state index contributed by atoms with van der Waals surface area (Å²) < 4.78 is 16.1. The first-order chi connectivity index (χ1) is 15.1. The van der Waals surface area contributed by atoms with Crippen LogP contribution in [0.25, 0.3) is 0 Å². The summed E-state index contributed by atoms with van der Waals surface area (Å²) in [6.07, 6.45) is 1.53. The van der Waals surface area contributed by atoms with Crippen molar-refractivity contribution in [2.45, 2.75) is 6.61 Å². The lowest BCUT2D eigenvalue weighted by molar-refractivity contribution is 0.0954. The van der Waals surface area contributed by atoms with Gasteiger partial charge in [0.25, 0.3) is 5.91 Å². The zero-order valence-corrected chi connectivity index (χ0v) is 17.2. The summed E-state index contributed by atoms with van der Waals surface area (Å²) >= 11 is 0. The van der Waals surface area contributed by atoms with Gasteiger partial charge in [-0.15, -0.1) is 0 Å². The Labute approximate surface area is 180 Å². The molecule has 0 saturated carbocycles. The number of hydrogen-bond donors (Lipinski definition) is 1. The van der Waals surface area contributed by atoms with Gasteiger partial charge in [0.1, 0.15) is 23.9 Å². The fraction of sp³-hybridized carbons (Fsp3) is 0.125. The fourth-order valence-electron chi connectivity index (χ4n) is 2.70. The van der Waals surface area contributed by atoms with Crippen LogP contribution in [0.2, 0.25) is 0 Å². The minimum absolute atomic E-state index is 0.368. The average molecular weight is 415 g/mol.